The lowest BCUT2D eigenvalue weighted by atomic mass is 9.88. The van der Waals surface area contributed by atoms with E-state index in [1.165, 1.54) is 18.1 Å². The average molecular weight is 221 g/mol. The van der Waals surface area contributed by atoms with E-state index in [9.17, 15) is 4.39 Å². The minimum absolute atomic E-state index is 0.0675. The van der Waals surface area contributed by atoms with Crippen molar-refractivity contribution < 1.29 is 4.39 Å². The van der Waals surface area contributed by atoms with E-state index in [1.807, 2.05) is 13.0 Å². The largest absolute Gasteiger partial charge is 0.325 e. The third kappa shape index (κ3) is 2.43. The van der Waals surface area contributed by atoms with Crippen LogP contribution in [0.3, 0.4) is 0 Å². The summed E-state index contributed by atoms with van der Waals surface area (Å²) in [7, 11) is 0. The topological polar surface area (TPSA) is 26.0 Å². The molecule has 0 amide bonds. The summed E-state index contributed by atoms with van der Waals surface area (Å²) in [6.45, 7) is 4.21. The number of aryl methyl sites for hydroxylation is 1. The van der Waals surface area contributed by atoms with E-state index >= 15 is 0 Å². The van der Waals surface area contributed by atoms with E-state index in [2.05, 4.69) is 6.92 Å². The second kappa shape index (κ2) is 4.17. The molecule has 0 spiro atoms. The summed E-state index contributed by atoms with van der Waals surface area (Å²) in [4.78, 5) is 0. The van der Waals surface area contributed by atoms with E-state index in [0.717, 1.165) is 30.7 Å². The molecule has 0 heterocycles. The summed E-state index contributed by atoms with van der Waals surface area (Å²) in [5, 5.41) is 0. The highest BCUT2D eigenvalue weighted by Crippen LogP contribution is 2.35. The zero-order valence-electron chi connectivity index (χ0n) is 10.1. The van der Waals surface area contributed by atoms with Gasteiger partial charge in [0.15, 0.2) is 0 Å². The lowest BCUT2D eigenvalue weighted by Gasteiger charge is -2.25. The molecule has 2 heteroatoms. The zero-order valence-corrected chi connectivity index (χ0v) is 10.1. The van der Waals surface area contributed by atoms with Gasteiger partial charge in [0.25, 0.3) is 0 Å². The normalized spacial score (nSPS) is 29.6. The van der Waals surface area contributed by atoms with Crippen LogP contribution in [0.1, 0.15) is 37.3 Å². The van der Waals surface area contributed by atoms with Gasteiger partial charge < -0.3 is 5.73 Å². The Hall–Kier alpha value is -0.890. The number of nitrogens with two attached hydrogens (primary N) is 1. The predicted octanol–water partition coefficient (Wildman–Crippen LogP) is 3.19. The van der Waals surface area contributed by atoms with Crippen LogP contribution in [0.15, 0.2) is 18.2 Å². The molecule has 0 radical (unpaired) electrons. The molecule has 16 heavy (non-hydrogen) atoms. The van der Waals surface area contributed by atoms with E-state index in [0.29, 0.717) is 0 Å². The first-order valence-corrected chi connectivity index (χ1v) is 6.02. The molecular weight excluding hydrogens is 201 g/mol. The Morgan fingerprint density at radius 1 is 1.50 bits per heavy atom. The summed E-state index contributed by atoms with van der Waals surface area (Å²) in [5.74, 6) is 0.567. The number of benzene rings is 1. The molecule has 88 valence electrons. The van der Waals surface area contributed by atoms with E-state index < -0.39 is 0 Å². The van der Waals surface area contributed by atoms with Crippen LogP contribution >= 0.6 is 0 Å². The Balaban J connectivity index is 2.14. The van der Waals surface area contributed by atoms with Crippen molar-refractivity contribution in [1.82, 2.24) is 0 Å². The van der Waals surface area contributed by atoms with Crippen LogP contribution in [0, 0.1) is 18.7 Å². The van der Waals surface area contributed by atoms with Gasteiger partial charge in [0.2, 0.25) is 0 Å². The van der Waals surface area contributed by atoms with Crippen LogP contribution in [-0.2, 0) is 6.42 Å². The standard InChI is InChI=1S/C14H20FN/c1-10-5-6-14(16,8-10)9-12-3-4-13(15)7-11(12)2/h3-4,7,10H,5-6,8-9,16H2,1-2H3. The molecule has 1 saturated carbocycles. The molecule has 2 N–H and O–H groups in total. The highest BCUT2D eigenvalue weighted by atomic mass is 19.1. The Morgan fingerprint density at radius 2 is 2.25 bits per heavy atom. The van der Waals surface area contributed by atoms with Gasteiger partial charge in [-0.05, 0) is 61.8 Å². The van der Waals surface area contributed by atoms with Crippen molar-refractivity contribution in [1.29, 1.82) is 0 Å². The maximum absolute atomic E-state index is 13.0. The summed E-state index contributed by atoms with van der Waals surface area (Å²) in [6, 6.07) is 5.00. The molecule has 1 aromatic carbocycles. The summed E-state index contributed by atoms with van der Waals surface area (Å²) >= 11 is 0. The summed E-state index contributed by atoms with van der Waals surface area (Å²) < 4.78 is 13.0. The van der Waals surface area contributed by atoms with Gasteiger partial charge in [-0.15, -0.1) is 0 Å². The smallest absolute Gasteiger partial charge is 0.123 e. The average Bonchev–Trinajstić information content (AvgIpc) is 2.52. The summed E-state index contributed by atoms with van der Waals surface area (Å²) in [5.41, 5.74) is 8.54. The molecule has 2 rings (SSSR count). The third-order valence-electron chi connectivity index (χ3n) is 3.74. The zero-order chi connectivity index (χ0) is 11.8. The molecule has 1 fully saturated rings. The van der Waals surface area contributed by atoms with E-state index in [4.69, 9.17) is 5.73 Å². The van der Waals surface area contributed by atoms with Gasteiger partial charge in [-0.1, -0.05) is 13.0 Å². The molecule has 0 aliphatic heterocycles. The quantitative estimate of drug-likeness (QED) is 0.815. The van der Waals surface area contributed by atoms with Crippen LogP contribution in [0.2, 0.25) is 0 Å². The Morgan fingerprint density at radius 3 is 2.81 bits per heavy atom. The summed E-state index contributed by atoms with van der Waals surface area (Å²) in [6.07, 6.45) is 4.27. The van der Waals surface area contributed by atoms with Gasteiger partial charge in [0, 0.05) is 5.54 Å². The monoisotopic (exact) mass is 221 g/mol. The Bertz CT molecular complexity index is 388. The number of hydrogen-bond donors (Lipinski definition) is 1. The molecule has 0 aromatic heterocycles. The fourth-order valence-corrected chi connectivity index (χ4v) is 2.83. The lowest BCUT2D eigenvalue weighted by molar-refractivity contribution is 0.418. The molecule has 1 nitrogen and oxygen atoms in total. The Kier molecular flexibility index (Phi) is 3.02. The Labute approximate surface area is 96.9 Å². The first kappa shape index (κ1) is 11.6. The maximum Gasteiger partial charge on any atom is 0.123 e. The van der Waals surface area contributed by atoms with Crippen LogP contribution in [0.5, 0.6) is 0 Å². The highest BCUT2D eigenvalue weighted by molar-refractivity contribution is 5.28. The third-order valence-corrected chi connectivity index (χ3v) is 3.74. The molecular formula is C14H20FN. The molecule has 1 aliphatic rings. The van der Waals surface area contributed by atoms with Crippen LogP contribution in [0.4, 0.5) is 4.39 Å². The van der Waals surface area contributed by atoms with Crippen molar-refractivity contribution in [2.45, 2.75) is 45.1 Å². The first-order chi connectivity index (χ1) is 7.48. The lowest BCUT2D eigenvalue weighted by Crippen LogP contribution is -2.39. The predicted molar refractivity (Wildman–Crippen MR) is 64.8 cm³/mol. The fourth-order valence-electron chi connectivity index (χ4n) is 2.83. The highest BCUT2D eigenvalue weighted by Gasteiger charge is 2.33. The van der Waals surface area contributed by atoms with Crippen molar-refractivity contribution >= 4 is 0 Å². The van der Waals surface area contributed by atoms with Crippen molar-refractivity contribution in [3.05, 3.63) is 35.1 Å². The molecule has 0 saturated heterocycles. The van der Waals surface area contributed by atoms with Crippen molar-refractivity contribution in [2.24, 2.45) is 11.7 Å². The van der Waals surface area contributed by atoms with Crippen LogP contribution in [-0.4, -0.2) is 5.54 Å². The SMILES string of the molecule is Cc1cc(F)ccc1CC1(N)CCC(C)C1. The van der Waals surface area contributed by atoms with Gasteiger partial charge in [-0.2, -0.15) is 0 Å². The van der Waals surface area contributed by atoms with Crippen molar-refractivity contribution in [3.63, 3.8) is 0 Å². The van der Waals surface area contributed by atoms with Gasteiger partial charge in [-0.3, -0.25) is 0 Å². The number of rotatable bonds is 2. The van der Waals surface area contributed by atoms with Gasteiger partial charge in [0.1, 0.15) is 5.82 Å². The second-order valence-corrected chi connectivity index (χ2v) is 5.46. The molecule has 1 aromatic rings. The van der Waals surface area contributed by atoms with Crippen LogP contribution in [0.25, 0.3) is 0 Å². The van der Waals surface area contributed by atoms with Gasteiger partial charge >= 0.3 is 0 Å². The molecule has 2 atom stereocenters. The molecule has 2 unspecified atom stereocenters. The fraction of sp³-hybridized carbons (Fsp3) is 0.571. The molecule has 1 aliphatic carbocycles. The van der Waals surface area contributed by atoms with Crippen LogP contribution < -0.4 is 5.73 Å². The van der Waals surface area contributed by atoms with Gasteiger partial charge in [-0.25, -0.2) is 4.39 Å². The minimum Gasteiger partial charge on any atom is -0.325 e. The first-order valence-electron chi connectivity index (χ1n) is 6.02. The van der Waals surface area contributed by atoms with E-state index in [1.54, 1.807) is 6.07 Å². The number of hydrogen-bond acceptors (Lipinski definition) is 1. The van der Waals surface area contributed by atoms with Crippen molar-refractivity contribution in [2.75, 3.05) is 0 Å². The van der Waals surface area contributed by atoms with Crippen molar-refractivity contribution in [3.8, 4) is 0 Å². The second-order valence-electron chi connectivity index (χ2n) is 5.46. The number of halogens is 1. The molecule has 0 bridgehead atoms. The maximum atomic E-state index is 13.0. The minimum atomic E-state index is -0.160. The van der Waals surface area contributed by atoms with Gasteiger partial charge in [0.05, 0.1) is 0 Å². The van der Waals surface area contributed by atoms with E-state index in [-0.39, 0.29) is 11.4 Å².